The molecule has 1 rings (SSSR count). The van der Waals surface area contributed by atoms with E-state index in [0.29, 0.717) is 5.76 Å². The monoisotopic (exact) mass is 238 g/mol. The number of hydrogen-bond donors (Lipinski definition) is 1. The number of hydrogen-bond acceptors (Lipinski definition) is 3. The quantitative estimate of drug-likeness (QED) is 0.856. The molecule has 17 heavy (non-hydrogen) atoms. The smallest absolute Gasteiger partial charge is 0.333 e. The first-order valence-electron chi connectivity index (χ1n) is 5.37. The predicted octanol–water partition coefficient (Wildman–Crippen LogP) is 2.81. The first kappa shape index (κ1) is 13.5. The minimum atomic E-state index is -0.968. The fourth-order valence-electron chi connectivity index (χ4n) is 1.68. The molecule has 94 valence electrons. The summed E-state index contributed by atoms with van der Waals surface area (Å²) in [5.74, 6) is -0.263. The van der Waals surface area contributed by atoms with Gasteiger partial charge < -0.3 is 14.3 Å². The second kappa shape index (κ2) is 5.19. The Balaban J connectivity index is 3.00. The van der Waals surface area contributed by atoms with Gasteiger partial charge in [-0.2, -0.15) is 0 Å². The van der Waals surface area contributed by atoms with Crippen LogP contribution < -0.4 is 0 Å². The highest BCUT2D eigenvalue weighted by Gasteiger charge is 2.36. The van der Waals surface area contributed by atoms with Crippen molar-refractivity contribution in [1.29, 1.82) is 0 Å². The van der Waals surface area contributed by atoms with E-state index in [1.807, 2.05) is 32.9 Å². The third-order valence-corrected chi connectivity index (χ3v) is 3.03. The molecule has 0 aromatic carbocycles. The number of ether oxygens (including phenoxy) is 1. The Bertz CT molecular complexity index is 401. The van der Waals surface area contributed by atoms with Gasteiger partial charge in [-0.15, -0.1) is 0 Å². The summed E-state index contributed by atoms with van der Waals surface area (Å²) in [5.41, 5.74) is 0.287. The van der Waals surface area contributed by atoms with Crippen molar-refractivity contribution >= 4 is 12.0 Å². The van der Waals surface area contributed by atoms with E-state index in [1.54, 1.807) is 12.3 Å². The Morgan fingerprint density at radius 2 is 2.24 bits per heavy atom. The van der Waals surface area contributed by atoms with Crippen molar-refractivity contribution in [2.45, 2.75) is 26.9 Å². The van der Waals surface area contributed by atoms with Gasteiger partial charge in [0.25, 0.3) is 0 Å². The summed E-state index contributed by atoms with van der Waals surface area (Å²) in [6, 6.07) is 3.61. The Morgan fingerprint density at radius 1 is 1.59 bits per heavy atom. The molecule has 0 bridgehead atoms. The molecule has 0 fully saturated rings. The predicted molar refractivity (Wildman–Crippen MR) is 64.6 cm³/mol. The van der Waals surface area contributed by atoms with Crippen LogP contribution in [0.2, 0.25) is 0 Å². The molecule has 0 saturated carbocycles. The van der Waals surface area contributed by atoms with Crippen LogP contribution in [-0.2, 0) is 9.53 Å². The number of methoxy groups -OCH3 is 1. The minimum absolute atomic E-state index is 0.604. The van der Waals surface area contributed by atoms with Crippen LogP contribution >= 0.6 is 0 Å². The van der Waals surface area contributed by atoms with Gasteiger partial charge in [0.2, 0.25) is 0 Å². The second-order valence-electron chi connectivity index (χ2n) is 4.52. The maximum atomic E-state index is 11.1. The summed E-state index contributed by atoms with van der Waals surface area (Å²) in [7, 11) is 1.40. The largest absolute Gasteiger partial charge is 0.479 e. The highest BCUT2D eigenvalue weighted by atomic mass is 16.5. The summed E-state index contributed by atoms with van der Waals surface area (Å²) < 4.78 is 10.3. The zero-order valence-corrected chi connectivity index (χ0v) is 10.6. The van der Waals surface area contributed by atoms with Gasteiger partial charge in [0.15, 0.2) is 6.10 Å². The molecule has 0 amide bonds. The van der Waals surface area contributed by atoms with Crippen LogP contribution in [0.15, 0.2) is 28.4 Å². The lowest BCUT2D eigenvalue weighted by Gasteiger charge is -2.31. The van der Waals surface area contributed by atoms with Gasteiger partial charge in [0, 0.05) is 12.5 Å². The molecule has 0 radical (unpaired) electrons. The summed E-state index contributed by atoms with van der Waals surface area (Å²) in [5, 5.41) is 9.11. The first-order valence-corrected chi connectivity index (χ1v) is 5.37. The van der Waals surface area contributed by atoms with Gasteiger partial charge in [-0.05, 0) is 25.1 Å². The number of aliphatic carboxylic acids is 1. The van der Waals surface area contributed by atoms with Gasteiger partial charge in [0.1, 0.15) is 5.76 Å². The third-order valence-electron chi connectivity index (χ3n) is 3.03. The lowest BCUT2D eigenvalue weighted by atomic mass is 9.79. The number of rotatable bonds is 5. The SMILES string of the molecule is COC(C(=O)O)C(C)(C)/C(C)=C/c1ccco1. The van der Waals surface area contributed by atoms with Crippen molar-refractivity contribution in [3.8, 4) is 0 Å². The normalized spacial score (nSPS) is 14.7. The molecule has 1 heterocycles. The fraction of sp³-hybridized carbons (Fsp3) is 0.462. The van der Waals surface area contributed by atoms with Gasteiger partial charge >= 0.3 is 5.97 Å². The van der Waals surface area contributed by atoms with E-state index < -0.39 is 17.5 Å². The molecule has 0 aliphatic carbocycles. The summed E-state index contributed by atoms with van der Waals surface area (Å²) in [6.07, 6.45) is 2.53. The molecule has 0 spiro atoms. The zero-order chi connectivity index (χ0) is 13.1. The van der Waals surface area contributed by atoms with E-state index in [0.717, 1.165) is 5.57 Å². The van der Waals surface area contributed by atoms with Crippen molar-refractivity contribution in [2.75, 3.05) is 7.11 Å². The van der Waals surface area contributed by atoms with E-state index in [-0.39, 0.29) is 0 Å². The molecule has 0 saturated heterocycles. The molecule has 4 nitrogen and oxygen atoms in total. The van der Waals surface area contributed by atoms with Crippen molar-refractivity contribution in [3.63, 3.8) is 0 Å². The number of carboxylic acid groups (broad SMARTS) is 1. The van der Waals surface area contributed by atoms with Gasteiger partial charge in [-0.25, -0.2) is 4.79 Å². The van der Waals surface area contributed by atoms with E-state index in [4.69, 9.17) is 14.3 Å². The molecule has 4 heteroatoms. The Hall–Kier alpha value is -1.55. The topological polar surface area (TPSA) is 59.7 Å². The van der Waals surface area contributed by atoms with Crippen LogP contribution in [0.5, 0.6) is 0 Å². The summed E-state index contributed by atoms with van der Waals surface area (Å²) in [4.78, 5) is 11.1. The van der Waals surface area contributed by atoms with Gasteiger partial charge in [-0.1, -0.05) is 19.4 Å². The van der Waals surface area contributed by atoms with Crippen LogP contribution in [0.1, 0.15) is 26.5 Å². The van der Waals surface area contributed by atoms with Crippen molar-refractivity contribution in [1.82, 2.24) is 0 Å². The van der Waals surface area contributed by atoms with Crippen molar-refractivity contribution < 1.29 is 19.1 Å². The molecule has 1 atom stereocenters. The lowest BCUT2D eigenvalue weighted by molar-refractivity contribution is -0.154. The van der Waals surface area contributed by atoms with Crippen LogP contribution in [0.3, 0.4) is 0 Å². The van der Waals surface area contributed by atoms with Crippen LogP contribution in [0.25, 0.3) is 6.08 Å². The molecule has 0 aliphatic heterocycles. The number of carboxylic acids is 1. The highest BCUT2D eigenvalue weighted by molar-refractivity contribution is 5.74. The first-order chi connectivity index (χ1) is 7.89. The van der Waals surface area contributed by atoms with Crippen LogP contribution in [0.4, 0.5) is 0 Å². The van der Waals surface area contributed by atoms with E-state index in [9.17, 15) is 4.79 Å². The average Bonchev–Trinajstić information content (AvgIpc) is 2.70. The van der Waals surface area contributed by atoms with E-state index in [1.165, 1.54) is 7.11 Å². The van der Waals surface area contributed by atoms with E-state index in [2.05, 4.69) is 0 Å². The minimum Gasteiger partial charge on any atom is -0.479 e. The molecule has 1 unspecified atom stereocenters. The van der Waals surface area contributed by atoms with Crippen LogP contribution in [-0.4, -0.2) is 24.3 Å². The molecule has 1 N–H and O–H groups in total. The van der Waals surface area contributed by atoms with Crippen molar-refractivity contribution in [2.24, 2.45) is 5.41 Å². The summed E-state index contributed by atoms with van der Waals surface area (Å²) >= 11 is 0. The number of furan rings is 1. The molecule has 1 aromatic heterocycles. The standard InChI is InChI=1S/C13H18O4/c1-9(8-10-6-5-7-17-10)13(2,3)11(16-4)12(14)15/h5-8,11H,1-4H3,(H,14,15)/b9-8+. The Labute approximate surface area is 101 Å². The fourth-order valence-corrected chi connectivity index (χ4v) is 1.68. The molecular formula is C13H18O4. The molecular weight excluding hydrogens is 220 g/mol. The lowest BCUT2D eigenvalue weighted by Crippen LogP contribution is -2.38. The Morgan fingerprint density at radius 3 is 2.65 bits per heavy atom. The average molecular weight is 238 g/mol. The van der Waals surface area contributed by atoms with Crippen LogP contribution in [0, 0.1) is 5.41 Å². The molecule has 0 aliphatic rings. The Kier molecular flexibility index (Phi) is 4.12. The van der Waals surface area contributed by atoms with Crippen molar-refractivity contribution in [3.05, 3.63) is 29.7 Å². The third kappa shape index (κ3) is 2.97. The number of carbonyl (C=O) groups is 1. The van der Waals surface area contributed by atoms with E-state index >= 15 is 0 Å². The zero-order valence-electron chi connectivity index (χ0n) is 10.6. The second-order valence-corrected chi connectivity index (χ2v) is 4.52. The molecule has 1 aromatic rings. The summed E-state index contributed by atoms with van der Waals surface area (Å²) in [6.45, 7) is 5.55. The van der Waals surface area contributed by atoms with Gasteiger partial charge in [-0.3, -0.25) is 0 Å². The van der Waals surface area contributed by atoms with Gasteiger partial charge in [0.05, 0.1) is 6.26 Å². The maximum absolute atomic E-state index is 11.1. The maximum Gasteiger partial charge on any atom is 0.333 e. The highest BCUT2D eigenvalue weighted by Crippen LogP contribution is 2.33.